The molecule has 0 fully saturated rings. The molecule has 0 spiro atoms. The number of rotatable bonds is 4. The molecule has 5 nitrogen and oxygen atoms in total. The molecule has 2 rings (SSSR count). The first-order valence-corrected chi connectivity index (χ1v) is 5.91. The lowest BCUT2D eigenvalue weighted by Crippen LogP contribution is -2.25. The summed E-state index contributed by atoms with van der Waals surface area (Å²) in [5.41, 5.74) is 0.420. The molecule has 5 heteroatoms. The summed E-state index contributed by atoms with van der Waals surface area (Å²) in [6.07, 6.45) is 4.37. The summed E-state index contributed by atoms with van der Waals surface area (Å²) in [4.78, 5) is 24.4. The number of para-hydroxylation sites is 1. The van der Waals surface area contributed by atoms with Crippen LogP contribution in [0, 0.1) is 0 Å². The summed E-state index contributed by atoms with van der Waals surface area (Å²) in [6, 6.07) is 9.77. The highest BCUT2D eigenvalue weighted by Crippen LogP contribution is 2.19. The molecule has 1 aromatic heterocycles. The van der Waals surface area contributed by atoms with Gasteiger partial charge in [-0.05, 0) is 30.3 Å². The summed E-state index contributed by atoms with van der Waals surface area (Å²) < 4.78 is 5.08. The molecule has 0 unspecified atom stereocenters. The first-order valence-electron chi connectivity index (χ1n) is 5.91. The van der Waals surface area contributed by atoms with Crippen molar-refractivity contribution in [3.8, 4) is 0 Å². The minimum absolute atomic E-state index is 0.0785. The molecule has 0 radical (unpaired) electrons. The average Bonchev–Trinajstić information content (AvgIpc) is 2.97. The Hall–Kier alpha value is -2.82. The molecule has 0 bridgehead atoms. The normalized spacial score (nSPS) is 10.7. The van der Waals surface area contributed by atoms with E-state index in [2.05, 4.69) is 0 Å². The molecule has 20 heavy (non-hydrogen) atoms. The van der Waals surface area contributed by atoms with E-state index in [-0.39, 0.29) is 11.5 Å². The monoisotopic (exact) mass is 271 g/mol. The van der Waals surface area contributed by atoms with E-state index in [0.29, 0.717) is 11.4 Å². The molecule has 0 atom stereocenters. The van der Waals surface area contributed by atoms with Crippen LogP contribution >= 0.6 is 0 Å². The van der Waals surface area contributed by atoms with Crippen molar-refractivity contribution in [3.63, 3.8) is 0 Å². The van der Waals surface area contributed by atoms with Crippen LogP contribution in [-0.4, -0.2) is 24.0 Å². The molecule has 1 amide bonds. The van der Waals surface area contributed by atoms with Gasteiger partial charge < -0.3 is 14.4 Å². The lowest BCUT2D eigenvalue weighted by atomic mass is 10.1. The second-order valence-corrected chi connectivity index (χ2v) is 4.07. The fourth-order valence-corrected chi connectivity index (χ4v) is 1.72. The summed E-state index contributed by atoms with van der Waals surface area (Å²) in [5, 5.41) is 9.11. The van der Waals surface area contributed by atoms with E-state index in [1.54, 1.807) is 30.3 Å². The maximum Gasteiger partial charge on any atom is 0.337 e. The van der Waals surface area contributed by atoms with E-state index in [1.807, 2.05) is 0 Å². The number of likely N-dealkylation sites (N-methyl/N-ethyl adjacent to an activating group) is 1. The standard InChI is InChI=1S/C15H13NO4/c1-16(13-7-3-2-6-12(13)15(18)19)14(17)9-8-11-5-4-10-20-11/h2-10H,1H3,(H,18,19). The Labute approximate surface area is 115 Å². The number of amides is 1. The third kappa shape index (κ3) is 2.95. The smallest absolute Gasteiger partial charge is 0.337 e. The SMILES string of the molecule is CN(C(=O)C=Cc1ccco1)c1ccccc1C(=O)O. The van der Waals surface area contributed by atoms with E-state index in [9.17, 15) is 9.59 Å². The third-order valence-electron chi connectivity index (χ3n) is 2.76. The zero-order valence-electron chi connectivity index (χ0n) is 10.8. The maximum absolute atomic E-state index is 12.0. The second-order valence-electron chi connectivity index (χ2n) is 4.07. The van der Waals surface area contributed by atoms with Gasteiger partial charge in [-0.15, -0.1) is 0 Å². The summed E-state index contributed by atoms with van der Waals surface area (Å²) in [5.74, 6) is -0.858. The van der Waals surface area contributed by atoms with Crippen molar-refractivity contribution in [2.45, 2.75) is 0 Å². The number of hydrogen-bond acceptors (Lipinski definition) is 3. The van der Waals surface area contributed by atoms with Crippen molar-refractivity contribution in [1.29, 1.82) is 0 Å². The molecular weight excluding hydrogens is 258 g/mol. The minimum atomic E-state index is -1.07. The van der Waals surface area contributed by atoms with Crippen molar-refractivity contribution >= 4 is 23.6 Å². The lowest BCUT2D eigenvalue weighted by molar-refractivity contribution is -0.113. The van der Waals surface area contributed by atoms with Crippen LogP contribution in [0.5, 0.6) is 0 Å². The number of carbonyl (C=O) groups is 2. The molecule has 0 aliphatic rings. The second kappa shape index (κ2) is 5.88. The van der Waals surface area contributed by atoms with Gasteiger partial charge in [0.05, 0.1) is 17.5 Å². The van der Waals surface area contributed by atoms with Gasteiger partial charge in [-0.1, -0.05) is 12.1 Å². The van der Waals surface area contributed by atoms with Crippen molar-refractivity contribution in [3.05, 3.63) is 60.1 Å². The van der Waals surface area contributed by atoms with E-state index >= 15 is 0 Å². The first kappa shape index (κ1) is 13.6. The van der Waals surface area contributed by atoms with Gasteiger partial charge in [0, 0.05) is 13.1 Å². The van der Waals surface area contributed by atoms with Crippen molar-refractivity contribution in [2.75, 3.05) is 11.9 Å². The number of carboxylic acids is 1. The van der Waals surface area contributed by atoms with E-state index in [0.717, 1.165) is 0 Å². The Morgan fingerprint density at radius 3 is 2.60 bits per heavy atom. The van der Waals surface area contributed by atoms with Crippen molar-refractivity contribution in [1.82, 2.24) is 0 Å². The van der Waals surface area contributed by atoms with Gasteiger partial charge in [-0.3, -0.25) is 4.79 Å². The van der Waals surface area contributed by atoms with Crippen LogP contribution in [0.15, 0.2) is 53.2 Å². The number of carbonyl (C=O) groups excluding carboxylic acids is 1. The molecule has 0 aliphatic carbocycles. The van der Waals surface area contributed by atoms with Crippen molar-refractivity contribution < 1.29 is 19.1 Å². The Morgan fingerprint density at radius 2 is 1.95 bits per heavy atom. The van der Waals surface area contributed by atoms with Gasteiger partial charge in [0.15, 0.2) is 0 Å². The molecule has 0 saturated heterocycles. The minimum Gasteiger partial charge on any atom is -0.478 e. The van der Waals surface area contributed by atoms with Crippen LogP contribution in [0.2, 0.25) is 0 Å². The van der Waals surface area contributed by atoms with Crippen LogP contribution in [0.1, 0.15) is 16.1 Å². The number of hydrogen-bond donors (Lipinski definition) is 1. The lowest BCUT2D eigenvalue weighted by Gasteiger charge is -2.17. The van der Waals surface area contributed by atoms with Gasteiger partial charge in [-0.2, -0.15) is 0 Å². The topological polar surface area (TPSA) is 70.8 Å². The molecule has 1 heterocycles. The van der Waals surface area contributed by atoms with Crippen molar-refractivity contribution in [2.24, 2.45) is 0 Å². The summed E-state index contributed by atoms with van der Waals surface area (Å²) >= 11 is 0. The largest absolute Gasteiger partial charge is 0.478 e. The third-order valence-corrected chi connectivity index (χ3v) is 2.76. The van der Waals surface area contributed by atoms with Crippen LogP contribution in [0.25, 0.3) is 6.08 Å². The van der Waals surface area contributed by atoms with E-state index in [4.69, 9.17) is 9.52 Å². The van der Waals surface area contributed by atoms with Gasteiger partial charge in [0.2, 0.25) is 0 Å². The Bertz CT molecular complexity index is 644. The van der Waals surface area contributed by atoms with Gasteiger partial charge in [-0.25, -0.2) is 4.79 Å². The average molecular weight is 271 g/mol. The van der Waals surface area contributed by atoms with Gasteiger partial charge in [0.1, 0.15) is 5.76 Å². The Kier molecular flexibility index (Phi) is 4.00. The Balaban J connectivity index is 2.21. The highest BCUT2D eigenvalue weighted by atomic mass is 16.4. The molecule has 2 aromatic rings. The van der Waals surface area contributed by atoms with Crippen LogP contribution in [0.3, 0.4) is 0 Å². The molecule has 102 valence electrons. The van der Waals surface area contributed by atoms with Crippen LogP contribution < -0.4 is 4.90 Å². The zero-order chi connectivity index (χ0) is 14.5. The molecule has 1 N–H and O–H groups in total. The number of anilines is 1. The van der Waals surface area contributed by atoms with E-state index < -0.39 is 5.97 Å². The highest BCUT2D eigenvalue weighted by molar-refractivity contribution is 6.07. The van der Waals surface area contributed by atoms with Crippen LogP contribution in [-0.2, 0) is 4.79 Å². The number of aromatic carboxylic acids is 1. The van der Waals surface area contributed by atoms with Crippen LogP contribution in [0.4, 0.5) is 5.69 Å². The van der Waals surface area contributed by atoms with Gasteiger partial charge >= 0.3 is 5.97 Å². The predicted molar refractivity (Wildman–Crippen MR) is 74.6 cm³/mol. The quantitative estimate of drug-likeness (QED) is 0.868. The molecular formula is C15H13NO4. The fourth-order valence-electron chi connectivity index (χ4n) is 1.72. The Morgan fingerprint density at radius 1 is 1.20 bits per heavy atom. The first-order chi connectivity index (χ1) is 9.59. The number of carboxylic acid groups (broad SMARTS) is 1. The summed E-state index contributed by atoms with van der Waals surface area (Å²) in [6.45, 7) is 0. The molecule has 0 aliphatic heterocycles. The number of nitrogens with zero attached hydrogens (tertiary/aromatic N) is 1. The van der Waals surface area contributed by atoms with E-state index in [1.165, 1.54) is 36.4 Å². The number of furan rings is 1. The molecule has 0 saturated carbocycles. The maximum atomic E-state index is 12.0. The zero-order valence-corrected chi connectivity index (χ0v) is 10.8. The molecule has 1 aromatic carbocycles. The predicted octanol–water partition coefficient (Wildman–Crippen LogP) is 2.65. The van der Waals surface area contributed by atoms with Gasteiger partial charge in [0.25, 0.3) is 5.91 Å². The summed E-state index contributed by atoms with van der Waals surface area (Å²) in [7, 11) is 1.52. The number of benzene rings is 1. The highest BCUT2D eigenvalue weighted by Gasteiger charge is 2.15. The fraction of sp³-hybridized carbons (Fsp3) is 0.0667.